The Bertz CT molecular complexity index is 1200. The molecular formula is C15H14N6O3S. The maximum absolute atomic E-state index is 12.9. The number of hydrogen-bond acceptors (Lipinski definition) is 6. The van der Waals surface area contributed by atoms with Gasteiger partial charge in [-0.15, -0.1) is 11.3 Å². The largest absolute Gasteiger partial charge is 0.343 e. The van der Waals surface area contributed by atoms with Gasteiger partial charge in [-0.05, 0) is 25.3 Å². The summed E-state index contributed by atoms with van der Waals surface area (Å²) in [6.45, 7) is 1.88. The third-order valence-corrected chi connectivity index (χ3v) is 5.70. The molecule has 1 aliphatic carbocycles. The van der Waals surface area contributed by atoms with Crippen molar-refractivity contribution in [2.24, 2.45) is 0 Å². The van der Waals surface area contributed by atoms with Gasteiger partial charge in [0.15, 0.2) is 0 Å². The molecule has 0 unspecified atom stereocenters. The highest BCUT2D eigenvalue weighted by molar-refractivity contribution is 7.18. The third-order valence-electron chi connectivity index (χ3n) is 4.40. The summed E-state index contributed by atoms with van der Waals surface area (Å²) in [5.41, 5.74) is -0.375. The molecule has 3 aromatic rings. The van der Waals surface area contributed by atoms with Crippen LogP contribution in [-0.4, -0.2) is 23.9 Å². The summed E-state index contributed by atoms with van der Waals surface area (Å²) in [6, 6.07) is 1.91. The minimum atomic E-state index is -0.439. The molecule has 1 saturated carbocycles. The van der Waals surface area contributed by atoms with Crippen molar-refractivity contribution in [3.05, 3.63) is 48.1 Å². The van der Waals surface area contributed by atoms with Crippen LogP contribution in [0.1, 0.15) is 29.3 Å². The van der Waals surface area contributed by atoms with E-state index in [4.69, 9.17) is 5.26 Å². The van der Waals surface area contributed by atoms with E-state index in [1.807, 2.05) is 6.07 Å². The lowest BCUT2D eigenvalue weighted by Gasteiger charge is -2.08. The Hall–Kier alpha value is -2.93. The standard InChI is InChI=1S/C15H14N6O3S/c1-8-10(6-20-14(23)17-7-18-20)25-13-11(8)12(22)21(9-2-3-9)15(24)19(13)5-4-16/h7,9H,2-3,5-6H2,1H3,(H,17,18,23). The van der Waals surface area contributed by atoms with Crippen molar-refractivity contribution in [3.8, 4) is 6.07 Å². The molecule has 1 fully saturated rings. The van der Waals surface area contributed by atoms with E-state index in [2.05, 4.69) is 10.1 Å². The molecule has 0 radical (unpaired) electrons. The summed E-state index contributed by atoms with van der Waals surface area (Å²) in [4.78, 5) is 40.9. The molecule has 0 aromatic carbocycles. The van der Waals surface area contributed by atoms with Crippen molar-refractivity contribution in [2.75, 3.05) is 0 Å². The number of fused-ring (bicyclic) bond motifs is 1. The Morgan fingerprint density at radius 2 is 2.16 bits per heavy atom. The molecule has 0 bridgehead atoms. The van der Waals surface area contributed by atoms with Gasteiger partial charge < -0.3 is 0 Å². The van der Waals surface area contributed by atoms with E-state index in [0.717, 1.165) is 23.3 Å². The molecule has 4 rings (SSSR count). The Balaban J connectivity index is 2.00. The second-order valence-corrected chi connectivity index (χ2v) is 7.10. The first-order valence-corrected chi connectivity index (χ1v) is 8.59. The van der Waals surface area contributed by atoms with E-state index in [1.165, 1.54) is 31.5 Å². The van der Waals surface area contributed by atoms with Crippen LogP contribution in [0.25, 0.3) is 10.2 Å². The summed E-state index contributed by atoms with van der Waals surface area (Å²) in [5.74, 6) is 0. The zero-order valence-electron chi connectivity index (χ0n) is 13.4. The number of rotatable bonds is 4. The van der Waals surface area contributed by atoms with Crippen molar-refractivity contribution in [2.45, 2.75) is 38.9 Å². The lowest BCUT2D eigenvalue weighted by Crippen LogP contribution is -2.39. The molecule has 10 heteroatoms. The molecule has 9 nitrogen and oxygen atoms in total. The van der Waals surface area contributed by atoms with Crippen LogP contribution in [-0.2, 0) is 13.1 Å². The van der Waals surface area contributed by atoms with Gasteiger partial charge in [0.05, 0.1) is 18.0 Å². The molecule has 1 aliphatic rings. The normalized spacial score (nSPS) is 14.1. The molecule has 0 amide bonds. The molecule has 0 spiro atoms. The van der Waals surface area contributed by atoms with Gasteiger partial charge in [-0.2, -0.15) is 10.4 Å². The maximum Gasteiger partial charge on any atom is 0.343 e. The monoisotopic (exact) mass is 358 g/mol. The van der Waals surface area contributed by atoms with Crippen molar-refractivity contribution in [1.82, 2.24) is 23.9 Å². The van der Waals surface area contributed by atoms with Crippen LogP contribution in [0.5, 0.6) is 0 Å². The Labute approximate surface area is 144 Å². The SMILES string of the molecule is Cc1c(Cn2nc[nH]c2=O)sc2c1c(=O)n(C1CC1)c(=O)n2CC#N. The van der Waals surface area contributed by atoms with Crippen LogP contribution in [0.3, 0.4) is 0 Å². The summed E-state index contributed by atoms with van der Waals surface area (Å²) in [7, 11) is 0. The maximum atomic E-state index is 12.9. The number of H-pyrrole nitrogens is 1. The number of aryl methyl sites for hydroxylation is 1. The predicted molar refractivity (Wildman–Crippen MR) is 90.9 cm³/mol. The highest BCUT2D eigenvalue weighted by Crippen LogP contribution is 2.34. The minimum Gasteiger partial charge on any atom is -0.295 e. The Morgan fingerprint density at radius 1 is 1.40 bits per heavy atom. The van der Waals surface area contributed by atoms with Gasteiger partial charge in [0, 0.05) is 10.9 Å². The molecule has 128 valence electrons. The summed E-state index contributed by atoms with van der Waals surface area (Å²) in [5, 5.41) is 13.5. The second-order valence-electron chi connectivity index (χ2n) is 6.02. The summed E-state index contributed by atoms with van der Waals surface area (Å²) in [6.07, 6.45) is 2.90. The van der Waals surface area contributed by atoms with Crippen LogP contribution >= 0.6 is 11.3 Å². The highest BCUT2D eigenvalue weighted by Gasteiger charge is 2.30. The van der Waals surface area contributed by atoms with Crippen LogP contribution in [0.4, 0.5) is 0 Å². The van der Waals surface area contributed by atoms with Gasteiger partial charge in [0.1, 0.15) is 17.7 Å². The average Bonchev–Trinajstić information content (AvgIpc) is 3.24. The molecule has 0 aliphatic heterocycles. The predicted octanol–water partition coefficient (Wildman–Crippen LogP) is 0.325. The van der Waals surface area contributed by atoms with Crippen LogP contribution in [0, 0.1) is 18.3 Å². The highest BCUT2D eigenvalue weighted by atomic mass is 32.1. The molecular weight excluding hydrogens is 344 g/mol. The Kier molecular flexibility index (Phi) is 3.47. The second kappa shape index (κ2) is 5.56. The van der Waals surface area contributed by atoms with E-state index >= 15 is 0 Å². The van der Waals surface area contributed by atoms with Gasteiger partial charge in [0.2, 0.25) is 0 Å². The fraction of sp³-hybridized carbons (Fsp3) is 0.400. The van der Waals surface area contributed by atoms with E-state index < -0.39 is 5.69 Å². The van der Waals surface area contributed by atoms with E-state index in [0.29, 0.717) is 10.2 Å². The fourth-order valence-corrected chi connectivity index (χ4v) is 4.23. The first-order chi connectivity index (χ1) is 12.0. The van der Waals surface area contributed by atoms with Gasteiger partial charge in [0.25, 0.3) is 5.56 Å². The minimum absolute atomic E-state index is 0.0777. The lowest BCUT2D eigenvalue weighted by molar-refractivity contribution is 0.614. The van der Waals surface area contributed by atoms with E-state index in [9.17, 15) is 14.4 Å². The average molecular weight is 358 g/mol. The fourth-order valence-electron chi connectivity index (χ4n) is 2.96. The van der Waals surface area contributed by atoms with Crippen molar-refractivity contribution < 1.29 is 0 Å². The first-order valence-electron chi connectivity index (χ1n) is 7.77. The quantitative estimate of drug-likeness (QED) is 0.721. The van der Waals surface area contributed by atoms with Crippen molar-refractivity contribution in [3.63, 3.8) is 0 Å². The van der Waals surface area contributed by atoms with Gasteiger partial charge >= 0.3 is 11.4 Å². The smallest absolute Gasteiger partial charge is 0.295 e. The zero-order chi connectivity index (χ0) is 17.7. The zero-order valence-corrected chi connectivity index (χ0v) is 14.2. The molecule has 3 aromatic heterocycles. The molecule has 1 N–H and O–H groups in total. The number of nitrogens with one attached hydrogen (secondary N) is 1. The van der Waals surface area contributed by atoms with Crippen LogP contribution in [0.15, 0.2) is 20.7 Å². The van der Waals surface area contributed by atoms with Gasteiger partial charge in [-0.1, -0.05) is 0 Å². The van der Waals surface area contributed by atoms with Gasteiger partial charge in [-0.3, -0.25) is 18.9 Å². The first kappa shape index (κ1) is 15.6. The molecule has 0 atom stereocenters. The number of aromatic amines is 1. The third kappa shape index (κ3) is 2.35. The van der Waals surface area contributed by atoms with E-state index in [-0.39, 0.29) is 30.4 Å². The number of aromatic nitrogens is 5. The molecule has 25 heavy (non-hydrogen) atoms. The molecule has 0 saturated heterocycles. The summed E-state index contributed by atoms with van der Waals surface area (Å²) < 4.78 is 3.87. The van der Waals surface area contributed by atoms with Crippen LogP contribution in [0.2, 0.25) is 0 Å². The summed E-state index contributed by atoms with van der Waals surface area (Å²) >= 11 is 1.25. The number of thiophene rings is 1. The van der Waals surface area contributed by atoms with Crippen LogP contribution < -0.4 is 16.9 Å². The Morgan fingerprint density at radius 3 is 2.76 bits per heavy atom. The topological polar surface area (TPSA) is 118 Å². The lowest BCUT2D eigenvalue weighted by atomic mass is 10.2. The van der Waals surface area contributed by atoms with Gasteiger partial charge in [-0.25, -0.2) is 14.3 Å². The number of nitrogens with zero attached hydrogens (tertiary/aromatic N) is 5. The van der Waals surface area contributed by atoms with Crippen molar-refractivity contribution in [1.29, 1.82) is 5.26 Å². The van der Waals surface area contributed by atoms with Crippen molar-refractivity contribution >= 4 is 21.6 Å². The number of nitriles is 1. The van der Waals surface area contributed by atoms with E-state index in [1.54, 1.807) is 6.92 Å². The number of hydrogen-bond donors (Lipinski definition) is 1. The molecule has 3 heterocycles.